The van der Waals surface area contributed by atoms with Crippen LogP contribution in [0.5, 0.6) is 0 Å². The summed E-state index contributed by atoms with van der Waals surface area (Å²) in [7, 11) is 0. The molecule has 1 heterocycles. The van der Waals surface area contributed by atoms with Crippen molar-refractivity contribution in [3.8, 4) is 0 Å². The third kappa shape index (κ3) is 6.67. The van der Waals surface area contributed by atoms with E-state index in [2.05, 4.69) is 4.74 Å². The van der Waals surface area contributed by atoms with Crippen LogP contribution in [-0.4, -0.2) is 72.3 Å². The molecule has 1 rings (SSSR count). The van der Waals surface area contributed by atoms with Crippen LogP contribution >= 0.6 is 0 Å². The molecule has 1 amide bonds. The van der Waals surface area contributed by atoms with E-state index in [0.29, 0.717) is 0 Å². The van der Waals surface area contributed by atoms with Gasteiger partial charge in [-0.25, -0.2) is 0 Å². The van der Waals surface area contributed by atoms with Gasteiger partial charge in [0.2, 0.25) is 0 Å². The molecule has 1 fully saturated rings. The van der Waals surface area contributed by atoms with Crippen molar-refractivity contribution < 1.29 is 56.4 Å². The van der Waals surface area contributed by atoms with Gasteiger partial charge in [-0.15, -0.1) is 0 Å². The molecule has 0 radical (unpaired) electrons. The molecule has 0 aromatic carbocycles. The molecule has 0 bridgehead atoms. The molecule has 2 N–H and O–H groups in total. The average molecular weight is 401 g/mol. The van der Waals surface area contributed by atoms with Gasteiger partial charge in [-0.1, -0.05) is 0 Å². The van der Waals surface area contributed by atoms with E-state index in [1.807, 2.05) is 0 Å². The number of carbonyl (C=O) groups is 4. The van der Waals surface area contributed by atoms with E-state index in [-0.39, 0.29) is 0 Å². The molecule has 154 valence electrons. The van der Waals surface area contributed by atoms with Crippen LogP contribution in [0, 0.1) is 0 Å². The molecule has 1 aliphatic rings. The van der Waals surface area contributed by atoms with E-state index in [4.69, 9.17) is 14.2 Å². The van der Waals surface area contributed by atoms with Crippen molar-refractivity contribution in [1.29, 1.82) is 0 Å². The monoisotopic (exact) mass is 401 g/mol. The number of amides is 1. The van der Waals surface area contributed by atoms with Crippen LogP contribution in [0.4, 0.5) is 13.2 Å². The minimum absolute atomic E-state index is 0.616. The molecule has 0 aromatic heterocycles. The predicted octanol–water partition coefficient (Wildman–Crippen LogP) is -0.823. The third-order valence-electron chi connectivity index (χ3n) is 3.28. The van der Waals surface area contributed by atoms with Crippen molar-refractivity contribution in [3.63, 3.8) is 0 Å². The summed E-state index contributed by atoms with van der Waals surface area (Å²) in [6, 6.07) is -1.84. The lowest BCUT2D eigenvalue weighted by Crippen LogP contribution is -2.67. The highest BCUT2D eigenvalue weighted by molar-refractivity contribution is 5.82. The highest BCUT2D eigenvalue weighted by atomic mass is 19.4. The van der Waals surface area contributed by atoms with Gasteiger partial charge in [-0.2, -0.15) is 13.2 Å². The molecule has 27 heavy (non-hydrogen) atoms. The summed E-state index contributed by atoms with van der Waals surface area (Å²) in [5.41, 5.74) is 0. The van der Waals surface area contributed by atoms with Crippen LogP contribution in [0.25, 0.3) is 0 Å². The number of carbonyl (C=O) groups excluding carboxylic acids is 4. The van der Waals surface area contributed by atoms with E-state index in [1.165, 1.54) is 5.32 Å². The number of esters is 3. The normalized spacial score (nSPS) is 28.0. The first kappa shape index (κ1) is 22.6. The van der Waals surface area contributed by atoms with Gasteiger partial charge in [0, 0.05) is 20.8 Å². The number of ether oxygens (including phenoxy) is 4. The molecule has 0 aromatic rings. The lowest BCUT2D eigenvalue weighted by Gasteiger charge is -2.43. The van der Waals surface area contributed by atoms with Crippen LogP contribution in [0.2, 0.25) is 0 Å². The van der Waals surface area contributed by atoms with E-state index >= 15 is 0 Å². The van der Waals surface area contributed by atoms with Crippen molar-refractivity contribution in [3.05, 3.63) is 0 Å². The number of aliphatic hydroxyl groups is 1. The molecular formula is C14H18F3NO9. The number of halogens is 3. The first-order chi connectivity index (χ1) is 12.3. The number of hydrogen-bond donors (Lipinski definition) is 2. The van der Waals surface area contributed by atoms with E-state index in [1.54, 1.807) is 0 Å². The highest BCUT2D eigenvalue weighted by Crippen LogP contribution is 2.27. The molecule has 0 aliphatic carbocycles. The minimum atomic E-state index is -5.31. The Morgan fingerprint density at radius 2 is 1.52 bits per heavy atom. The van der Waals surface area contributed by atoms with Crippen molar-refractivity contribution in [2.24, 2.45) is 0 Å². The molecule has 1 saturated heterocycles. The zero-order valence-corrected chi connectivity index (χ0v) is 14.4. The fourth-order valence-electron chi connectivity index (χ4n) is 2.32. The van der Waals surface area contributed by atoms with Crippen molar-refractivity contribution in [1.82, 2.24) is 5.32 Å². The number of alkyl halides is 3. The standard InChI is InChI=1S/C14H18F3NO9/c1-5(19)24-4-8-10(25-6(2)20)9(18-13(23)14(15,16)17)11(12(22)27-8)26-7(3)21/h8-12,22H,4H2,1-3H3,(H,18,23)/t8-,9+,10-,11-,12+/m1/s1. The van der Waals surface area contributed by atoms with Crippen LogP contribution in [0.15, 0.2) is 0 Å². The average Bonchev–Trinajstić information content (AvgIpc) is 2.49. The maximum atomic E-state index is 12.6. The summed E-state index contributed by atoms with van der Waals surface area (Å²) in [5, 5.41) is 11.5. The Kier molecular flexibility index (Phi) is 7.54. The number of rotatable bonds is 5. The summed E-state index contributed by atoms with van der Waals surface area (Å²) < 4.78 is 57.2. The molecule has 1 aliphatic heterocycles. The zero-order chi connectivity index (χ0) is 20.9. The fourth-order valence-corrected chi connectivity index (χ4v) is 2.32. The third-order valence-corrected chi connectivity index (χ3v) is 3.28. The van der Waals surface area contributed by atoms with E-state index in [9.17, 15) is 37.5 Å². The Morgan fingerprint density at radius 3 is 1.96 bits per heavy atom. The molecule has 0 saturated carbocycles. The van der Waals surface area contributed by atoms with Gasteiger partial charge in [-0.05, 0) is 0 Å². The summed E-state index contributed by atoms with van der Waals surface area (Å²) in [4.78, 5) is 44.9. The Labute approximate surface area is 150 Å². The van der Waals surface area contributed by atoms with Crippen LogP contribution < -0.4 is 5.32 Å². The SMILES string of the molecule is CC(=O)OC[C@H]1O[C@H](O)[C@H](OC(C)=O)[C@@H](NC(=O)C(F)(F)F)[C@@H]1OC(C)=O. The maximum absolute atomic E-state index is 12.6. The smallest absolute Gasteiger partial charge is 0.463 e. The Hall–Kier alpha value is -2.41. The predicted molar refractivity (Wildman–Crippen MR) is 76.6 cm³/mol. The van der Waals surface area contributed by atoms with Gasteiger partial charge < -0.3 is 29.4 Å². The minimum Gasteiger partial charge on any atom is -0.463 e. The first-order valence-electron chi connectivity index (χ1n) is 7.52. The summed E-state index contributed by atoms with van der Waals surface area (Å²) >= 11 is 0. The summed E-state index contributed by atoms with van der Waals surface area (Å²) in [5.74, 6) is -5.19. The molecule has 10 nitrogen and oxygen atoms in total. The molecule has 13 heteroatoms. The second kappa shape index (κ2) is 8.99. The van der Waals surface area contributed by atoms with Gasteiger partial charge in [0.15, 0.2) is 18.5 Å². The van der Waals surface area contributed by atoms with E-state index < -0.39 is 67.2 Å². The second-order valence-electron chi connectivity index (χ2n) is 5.51. The summed E-state index contributed by atoms with van der Waals surface area (Å²) in [6.45, 7) is 2.25. The quantitative estimate of drug-likeness (QED) is 0.447. The van der Waals surface area contributed by atoms with Crippen LogP contribution in [0.1, 0.15) is 20.8 Å². The Balaban J connectivity index is 3.23. The maximum Gasteiger partial charge on any atom is 0.471 e. The Bertz CT molecular complexity index is 595. The molecule has 0 unspecified atom stereocenters. The zero-order valence-electron chi connectivity index (χ0n) is 14.4. The fraction of sp³-hybridized carbons (Fsp3) is 0.714. The molecule has 5 atom stereocenters. The number of hydrogen-bond acceptors (Lipinski definition) is 9. The second-order valence-corrected chi connectivity index (χ2v) is 5.51. The van der Waals surface area contributed by atoms with Crippen LogP contribution in [0.3, 0.4) is 0 Å². The first-order valence-corrected chi connectivity index (χ1v) is 7.52. The van der Waals surface area contributed by atoms with Crippen molar-refractivity contribution in [2.45, 2.75) is 57.6 Å². The highest BCUT2D eigenvalue weighted by Gasteiger charge is 2.52. The van der Waals surface area contributed by atoms with Gasteiger partial charge in [0.1, 0.15) is 18.8 Å². The molecule has 0 spiro atoms. The van der Waals surface area contributed by atoms with E-state index in [0.717, 1.165) is 20.8 Å². The Morgan fingerprint density at radius 1 is 1.00 bits per heavy atom. The lowest BCUT2D eigenvalue weighted by atomic mass is 9.95. The van der Waals surface area contributed by atoms with Gasteiger partial charge in [-0.3, -0.25) is 19.2 Å². The topological polar surface area (TPSA) is 137 Å². The largest absolute Gasteiger partial charge is 0.471 e. The number of aliphatic hydroxyl groups excluding tert-OH is 1. The van der Waals surface area contributed by atoms with Gasteiger partial charge in [0.25, 0.3) is 0 Å². The van der Waals surface area contributed by atoms with Crippen molar-refractivity contribution in [2.75, 3.05) is 6.61 Å². The summed E-state index contributed by atoms with van der Waals surface area (Å²) in [6.07, 6.45) is -12.2. The lowest BCUT2D eigenvalue weighted by molar-refractivity contribution is -0.272. The van der Waals surface area contributed by atoms with Crippen LogP contribution in [-0.2, 0) is 38.1 Å². The molecular weight excluding hydrogens is 383 g/mol. The van der Waals surface area contributed by atoms with Gasteiger partial charge >= 0.3 is 30.0 Å². The van der Waals surface area contributed by atoms with Crippen molar-refractivity contribution >= 4 is 23.8 Å². The van der Waals surface area contributed by atoms with Gasteiger partial charge in [0.05, 0.1) is 0 Å². The number of nitrogens with one attached hydrogen (secondary N) is 1.